The van der Waals surface area contributed by atoms with Gasteiger partial charge in [-0.25, -0.2) is 4.79 Å². The monoisotopic (exact) mass is 351 g/mol. The van der Waals surface area contributed by atoms with E-state index in [0.717, 1.165) is 31.3 Å². The van der Waals surface area contributed by atoms with Crippen molar-refractivity contribution in [2.24, 2.45) is 11.8 Å². The van der Waals surface area contributed by atoms with Crippen molar-refractivity contribution >= 4 is 11.9 Å². The lowest BCUT2D eigenvalue weighted by Crippen LogP contribution is -2.59. The fraction of sp³-hybridized carbons (Fsp3) is 0.700. The molecule has 0 unspecified atom stereocenters. The fourth-order valence-corrected chi connectivity index (χ4v) is 3.36. The summed E-state index contributed by atoms with van der Waals surface area (Å²) in [6.07, 6.45) is 9.07. The largest absolute Gasteiger partial charge is 0.466 e. The summed E-state index contributed by atoms with van der Waals surface area (Å²) in [5.41, 5.74) is 2.19. The standard InChI is InChI=1S/C20H33NO4/c1-14(10-15(2)11-16(3)12-19(22)25-5)8-6-7-9-18-17(13-24-4)20(23)21-18/h11-12,14,17-18H,6-10,13H2,1-5H3,(H,21,23)/b15-11+,16-12+/t14-,17+,18-/m1/s1. The third-order valence-electron chi connectivity index (χ3n) is 4.65. The predicted octanol–water partition coefficient (Wildman–Crippen LogP) is 3.40. The third-order valence-corrected chi connectivity index (χ3v) is 4.65. The Balaban J connectivity index is 2.24. The minimum atomic E-state index is -0.315. The summed E-state index contributed by atoms with van der Waals surface area (Å²) in [6, 6.07) is 0.287. The molecule has 3 atom stereocenters. The molecule has 1 fully saturated rings. The molecule has 142 valence electrons. The van der Waals surface area contributed by atoms with Gasteiger partial charge in [-0.15, -0.1) is 0 Å². The number of hydrogen-bond acceptors (Lipinski definition) is 4. The van der Waals surface area contributed by atoms with Crippen molar-refractivity contribution < 1.29 is 19.1 Å². The molecule has 1 rings (SSSR count). The number of allylic oxidation sites excluding steroid dienone is 3. The Hall–Kier alpha value is -1.62. The molecule has 0 bridgehead atoms. The maximum Gasteiger partial charge on any atom is 0.330 e. The smallest absolute Gasteiger partial charge is 0.330 e. The SMILES string of the molecule is COC[C@@H]1C(=O)N[C@@H]1CCCC[C@@H](C)C/C(C)=C/C(C)=C/C(=O)OC. The van der Waals surface area contributed by atoms with Crippen LogP contribution in [0.2, 0.25) is 0 Å². The highest BCUT2D eigenvalue weighted by atomic mass is 16.5. The minimum absolute atomic E-state index is 0.0391. The van der Waals surface area contributed by atoms with Crippen LogP contribution in [0.15, 0.2) is 23.3 Å². The topological polar surface area (TPSA) is 64.6 Å². The molecule has 5 nitrogen and oxygen atoms in total. The van der Waals surface area contributed by atoms with Gasteiger partial charge in [-0.1, -0.05) is 37.8 Å². The predicted molar refractivity (Wildman–Crippen MR) is 99.1 cm³/mol. The molecule has 1 aliphatic rings. The van der Waals surface area contributed by atoms with Crippen molar-refractivity contribution in [3.8, 4) is 0 Å². The van der Waals surface area contributed by atoms with Crippen LogP contribution in [0.5, 0.6) is 0 Å². The molecule has 0 aliphatic carbocycles. The summed E-state index contributed by atoms with van der Waals surface area (Å²) < 4.78 is 9.73. The average molecular weight is 351 g/mol. The Bertz CT molecular complexity index is 510. The van der Waals surface area contributed by atoms with E-state index in [9.17, 15) is 9.59 Å². The fourth-order valence-electron chi connectivity index (χ4n) is 3.36. The molecule has 0 aromatic carbocycles. The van der Waals surface area contributed by atoms with E-state index in [1.165, 1.54) is 25.2 Å². The van der Waals surface area contributed by atoms with Crippen LogP contribution in [0.4, 0.5) is 0 Å². The molecule has 5 heteroatoms. The van der Waals surface area contributed by atoms with Gasteiger partial charge in [0.1, 0.15) is 0 Å². The van der Waals surface area contributed by atoms with E-state index in [0.29, 0.717) is 12.5 Å². The van der Waals surface area contributed by atoms with Crippen LogP contribution in [0.25, 0.3) is 0 Å². The van der Waals surface area contributed by atoms with Crippen LogP contribution in [0.1, 0.15) is 52.9 Å². The second kappa shape index (κ2) is 11.1. The molecular weight excluding hydrogens is 318 g/mol. The molecule has 0 spiro atoms. The molecule has 1 aliphatic heterocycles. The summed E-state index contributed by atoms with van der Waals surface area (Å²) in [7, 11) is 3.03. The zero-order chi connectivity index (χ0) is 18.8. The number of nitrogens with one attached hydrogen (secondary N) is 1. The van der Waals surface area contributed by atoms with Gasteiger partial charge < -0.3 is 14.8 Å². The number of amides is 1. The first-order valence-electron chi connectivity index (χ1n) is 9.10. The van der Waals surface area contributed by atoms with Crippen molar-refractivity contribution in [2.75, 3.05) is 20.8 Å². The molecule has 1 heterocycles. The third kappa shape index (κ3) is 7.86. The number of unbranched alkanes of at least 4 members (excludes halogenated alkanes) is 1. The number of rotatable bonds is 11. The quantitative estimate of drug-likeness (QED) is 0.204. The van der Waals surface area contributed by atoms with E-state index in [-0.39, 0.29) is 23.8 Å². The summed E-state index contributed by atoms with van der Waals surface area (Å²) in [4.78, 5) is 22.6. The van der Waals surface area contributed by atoms with Gasteiger partial charge in [0.25, 0.3) is 0 Å². The van der Waals surface area contributed by atoms with Gasteiger partial charge in [-0.3, -0.25) is 4.79 Å². The van der Waals surface area contributed by atoms with E-state index in [1.54, 1.807) is 7.11 Å². The number of methoxy groups -OCH3 is 2. The van der Waals surface area contributed by atoms with Crippen LogP contribution >= 0.6 is 0 Å². The minimum Gasteiger partial charge on any atom is -0.466 e. The van der Waals surface area contributed by atoms with Gasteiger partial charge in [0.05, 0.1) is 19.6 Å². The first-order chi connectivity index (χ1) is 11.9. The molecular formula is C20H33NO4. The molecule has 25 heavy (non-hydrogen) atoms. The van der Waals surface area contributed by atoms with Gasteiger partial charge in [-0.2, -0.15) is 0 Å². The second-order valence-corrected chi connectivity index (χ2v) is 7.17. The van der Waals surface area contributed by atoms with Crippen LogP contribution in [-0.2, 0) is 19.1 Å². The highest BCUT2D eigenvalue weighted by Gasteiger charge is 2.38. The summed E-state index contributed by atoms with van der Waals surface area (Å²) in [6.45, 7) is 6.80. The molecule has 1 saturated heterocycles. The van der Waals surface area contributed by atoms with Crippen molar-refractivity contribution in [3.05, 3.63) is 23.3 Å². The lowest BCUT2D eigenvalue weighted by molar-refractivity contribution is -0.138. The van der Waals surface area contributed by atoms with E-state index >= 15 is 0 Å². The number of carbonyl (C=O) groups is 2. The van der Waals surface area contributed by atoms with Crippen molar-refractivity contribution in [1.82, 2.24) is 5.32 Å². The van der Waals surface area contributed by atoms with E-state index < -0.39 is 0 Å². The first-order valence-corrected chi connectivity index (χ1v) is 9.10. The molecule has 1 amide bonds. The Morgan fingerprint density at radius 3 is 2.56 bits per heavy atom. The lowest BCUT2D eigenvalue weighted by Gasteiger charge is -2.36. The highest BCUT2D eigenvalue weighted by Crippen LogP contribution is 2.23. The Kier molecular flexibility index (Phi) is 9.50. The van der Waals surface area contributed by atoms with E-state index in [1.807, 2.05) is 13.0 Å². The number of hydrogen-bond donors (Lipinski definition) is 1. The van der Waals surface area contributed by atoms with Gasteiger partial charge in [-0.05, 0) is 38.2 Å². The van der Waals surface area contributed by atoms with E-state index in [4.69, 9.17) is 4.74 Å². The average Bonchev–Trinajstić information content (AvgIpc) is 2.54. The van der Waals surface area contributed by atoms with Gasteiger partial charge in [0.2, 0.25) is 5.91 Å². The maximum absolute atomic E-state index is 11.4. The maximum atomic E-state index is 11.4. The highest BCUT2D eigenvalue weighted by molar-refractivity contribution is 5.85. The number of β-lactam (4-membered cyclic amide) rings is 1. The number of ether oxygens (including phenoxy) is 2. The molecule has 0 saturated carbocycles. The molecule has 0 radical (unpaired) electrons. The Morgan fingerprint density at radius 2 is 1.96 bits per heavy atom. The molecule has 1 N–H and O–H groups in total. The first kappa shape index (κ1) is 21.4. The van der Waals surface area contributed by atoms with Gasteiger partial charge >= 0.3 is 5.97 Å². The van der Waals surface area contributed by atoms with Crippen LogP contribution in [-0.4, -0.2) is 38.7 Å². The lowest BCUT2D eigenvalue weighted by atomic mass is 9.86. The van der Waals surface area contributed by atoms with Gasteiger partial charge in [0.15, 0.2) is 0 Å². The number of carbonyl (C=O) groups excluding carboxylic acids is 2. The van der Waals surface area contributed by atoms with Gasteiger partial charge in [0, 0.05) is 19.2 Å². The summed E-state index contributed by atoms with van der Waals surface area (Å²) in [5.74, 6) is 0.450. The van der Waals surface area contributed by atoms with E-state index in [2.05, 4.69) is 23.9 Å². The van der Waals surface area contributed by atoms with Crippen LogP contribution < -0.4 is 5.32 Å². The second-order valence-electron chi connectivity index (χ2n) is 7.17. The zero-order valence-corrected chi connectivity index (χ0v) is 16.3. The Morgan fingerprint density at radius 1 is 1.24 bits per heavy atom. The zero-order valence-electron chi connectivity index (χ0n) is 16.3. The summed E-state index contributed by atoms with van der Waals surface area (Å²) >= 11 is 0. The van der Waals surface area contributed by atoms with Crippen molar-refractivity contribution in [2.45, 2.75) is 58.9 Å². The van der Waals surface area contributed by atoms with Crippen molar-refractivity contribution in [1.29, 1.82) is 0 Å². The Labute approximate surface area is 151 Å². The van der Waals surface area contributed by atoms with Crippen LogP contribution in [0, 0.1) is 11.8 Å². The van der Waals surface area contributed by atoms with Crippen molar-refractivity contribution in [3.63, 3.8) is 0 Å². The number of esters is 1. The normalized spacial score (nSPS) is 22.2. The summed E-state index contributed by atoms with van der Waals surface area (Å²) in [5, 5.41) is 2.97. The molecule has 0 aromatic heterocycles. The molecule has 0 aromatic rings. The van der Waals surface area contributed by atoms with Crippen LogP contribution in [0.3, 0.4) is 0 Å².